The average molecular weight is 320 g/mol. The summed E-state index contributed by atoms with van der Waals surface area (Å²) in [6.07, 6.45) is 0. The quantitative estimate of drug-likeness (QED) is 0.645. The van der Waals surface area contributed by atoms with Gasteiger partial charge in [-0.2, -0.15) is 0 Å². The molecule has 0 aliphatic heterocycles. The van der Waals surface area contributed by atoms with Crippen LogP contribution in [-0.4, -0.2) is 0 Å². The van der Waals surface area contributed by atoms with E-state index in [2.05, 4.69) is 15.9 Å². The molecule has 0 heterocycles. The Labute approximate surface area is 111 Å². The van der Waals surface area contributed by atoms with E-state index in [1.54, 1.807) is 30.3 Å². The van der Waals surface area contributed by atoms with Gasteiger partial charge in [-0.25, -0.2) is 4.39 Å². The zero-order chi connectivity index (χ0) is 11.7. The highest BCUT2D eigenvalue weighted by Gasteiger charge is 2.13. The lowest BCUT2D eigenvalue weighted by Gasteiger charge is -2.09. The van der Waals surface area contributed by atoms with Crippen molar-refractivity contribution in [3.8, 4) is 11.1 Å². The second-order valence-corrected chi connectivity index (χ2v) is 4.81. The first-order valence-electron chi connectivity index (χ1n) is 4.49. The molecule has 2 aromatic carbocycles. The highest BCUT2D eigenvalue weighted by molar-refractivity contribution is 9.10. The molecule has 16 heavy (non-hydrogen) atoms. The third kappa shape index (κ3) is 2.10. The van der Waals surface area contributed by atoms with Gasteiger partial charge in [-0.3, -0.25) is 0 Å². The summed E-state index contributed by atoms with van der Waals surface area (Å²) in [4.78, 5) is 0. The molecule has 0 fully saturated rings. The molecule has 0 unspecified atom stereocenters. The van der Waals surface area contributed by atoms with Crippen LogP contribution in [0.2, 0.25) is 10.0 Å². The lowest BCUT2D eigenvalue weighted by Crippen LogP contribution is -1.87. The molecule has 0 nitrogen and oxygen atoms in total. The highest BCUT2D eigenvalue weighted by atomic mass is 79.9. The molecular formula is C12H6BrCl2F. The molecule has 0 amide bonds. The molecule has 0 aliphatic rings. The summed E-state index contributed by atoms with van der Waals surface area (Å²) in [5.74, 6) is -0.365. The summed E-state index contributed by atoms with van der Waals surface area (Å²) in [5.41, 5.74) is 1.01. The second-order valence-electron chi connectivity index (χ2n) is 3.20. The Bertz CT molecular complexity index is 520. The Morgan fingerprint density at radius 3 is 2.25 bits per heavy atom. The normalized spacial score (nSPS) is 10.5. The van der Waals surface area contributed by atoms with E-state index in [9.17, 15) is 4.39 Å². The summed E-state index contributed by atoms with van der Waals surface area (Å²) in [7, 11) is 0. The average Bonchev–Trinajstić information content (AvgIpc) is 2.24. The zero-order valence-electron chi connectivity index (χ0n) is 7.98. The largest absolute Gasteiger partial charge is 0.206 e. The minimum Gasteiger partial charge on any atom is -0.206 e. The standard InChI is InChI=1S/C12H6BrCl2F/c13-12-7(3-1-5-9(12)15)11-8(14)4-2-6-10(11)16/h1-6H. The first kappa shape index (κ1) is 11.9. The molecule has 82 valence electrons. The fourth-order valence-electron chi connectivity index (χ4n) is 1.45. The van der Waals surface area contributed by atoms with Crippen LogP contribution in [0.1, 0.15) is 0 Å². The van der Waals surface area contributed by atoms with Crippen LogP contribution in [-0.2, 0) is 0 Å². The zero-order valence-corrected chi connectivity index (χ0v) is 11.1. The Morgan fingerprint density at radius 1 is 0.938 bits per heavy atom. The Kier molecular flexibility index (Phi) is 3.53. The molecule has 0 saturated heterocycles. The molecular weight excluding hydrogens is 314 g/mol. The van der Waals surface area contributed by atoms with Gasteiger partial charge >= 0.3 is 0 Å². The van der Waals surface area contributed by atoms with Crippen LogP contribution in [0.25, 0.3) is 11.1 Å². The lowest BCUT2D eigenvalue weighted by atomic mass is 10.1. The van der Waals surface area contributed by atoms with Gasteiger partial charge in [-0.1, -0.05) is 41.4 Å². The number of rotatable bonds is 1. The Morgan fingerprint density at radius 2 is 1.56 bits per heavy atom. The summed E-state index contributed by atoms with van der Waals surface area (Å²) < 4.78 is 14.3. The van der Waals surface area contributed by atoms with Crippen LogP contribution in [0, 0.1) is 5.82 Å². The number of halogens is 4. The van der Waals surface area contributed by atoms with E-state index in [1.165, 1.54) is 6.07 Å². The molecule has 0 aliphatic carbocycles. The van der Waals surface area contributed by atoms with Gasteiger partial charge in [-0.05, 0) is 34.1 Å². The van der Waals surface area contributed by atoms with Gasteiger partial charge in [0.05, 0.1) is 10.0 Å². The first-order chi connectivity index (χ1) is 7.61. The summed E-state index contributed by atoms with van der Waals surface area (Å²) in [6, 6.07) is 9.83. The topological polar surface area (TPSA) is 0 Å². The summed E-state index contributed by atoms with van der Waals surface area (Å²) in [5, 5.41) is 0.889. The van der Waals surface area contributed by atoms with Gasteiger partial charge in [0.15, 0.2) is 0 Å². The van der Waals surface area contributed by atoms with Crippen LogP contribution >= 0.6 is 39.1 Å². The van der Waals surface area contributed by atoms with Crippen molar-refractivity contribution < 1.29 is 4.39 Å². The van der Waals surface area contributed by atoms with Crippen molar-refractivity contribution in [2.75, 3.05) is 0 Å². The Hall–Kier alpha value is -0.570. The van der Waals surface area contributed by atoms with E-state index in [0.717, 1.165) is 0 Å². The molecule has 2 rings (SSSR count). The minimum absolute atomic E-state index is 0.360. The first-order valence-corrected chi connectivity index (χ1v) is 6.04. The van der Waals surface area contributed by atoms with Gasteiger partial charge in [0.2, 0.25) is 0 Å². The van der Waals surface area contributed by atoms with E-state index in [1.807, 2.05) is 0 Å². The number of hydrogen-bond acceptors (Lipinski definition) is 0. The van der Waals surface area contributed by atoms with Gasteiger partial charge in [0.25, 0.3) is 0 Å². The molecule has 0 spiro atoms. The van der Waals surface area contributed by atoms with E-state index < -0.39 is 0 Å². The van der Waals surface area contributed by atoms with Crippen LogP contribution < -0.4 is 0 Å². The predicted octanol–water partition coefficient (Wildman–Crippen LogP) is 5.56. The van der Waals surface area contributed by atoms with Gasteiger partial charge in [0, 0.05) is 15.6 Å². The van der Waals surface area contributed by atoms with Crippen LogP contribution in [0.4, 0.5) is 4.39 Å². The van der Waals surface area contributed by atoms with Crippen LogP contribution in [0.15, 0.2) is 40.9 Å². The van der Waals surface area contributed by atoms with Crippen molar-refractivity contribution in [2.45, 2.75) is 0 Å². The summed E-state index contributed by atoms with van der Waals surface area (Å²) >= 11 is 15.3. The van der Waals surface area contributed by atoms with Gasteiger partial charge < -0.3 is 0 Å². The summed E-state index contributed by atoms with van der Waals surface area (Å²) in [6.45, 7) is 0. The fraction of sp³-hybridized carbons (Fsp3) is 0. The lowest BCUT2D eigenvalue weighted by molar-refractivity contribution is 0.631. The maximum absolute atomic E-state index is 13.7. The van der Waals surface area contributed by atoms with Crippen molar-refractivity contribution in [3.63, 3.8) is 0 Å². The third-order valence-corrected chi connectivity index (χ3v) is 3.90. The van der Waals surface area contributed by atoms with Crippen molar-refractivity contribution in [1.29, 1.82) is 0 Å². The molecule has 0 radical (unpaired) electrons. The molecule has 0 saturated carbocycles. The molecule has 0 aromatic heterocycles. The number of benzene rings is 2. The van der Waals surface area contributed by atoms with Crippen molar-refractivity contribution >= 4 is 39.1 Å². The molecule has 0 bridgehead atoms. The van der Waals surface area contributed by atoms with Crippen LogP contribution in [0.3, 0.4) is 0 Å². The van der Waals surface area contributed by atoms with E-state index in [-0.39, 0.29) is 5.82 Å². The molecule has 0 atom stereocenters. The van der Waals surface area contributed by atoms with E-state index in [4.69, 9.17) is 23.2 Å². The van der Waals surface area contributed by atoms with E-state index >= 15 is 0 Å². The number of hydrogen-bond donors (Lipinski definition) is 0. The fourth-order valence-corrected chi connectivity index (χ4v) is 2.35. The molecule has 2 aromatic rings. The monoisotopic (exact) mass is 318 g/mol. The van der Waals surface area contributed by atoms with Gasteiger partial charge in [-0.15, -0.1) is 0 Å². The molecule has 4 heteroatoms. The Balaban J connectivity index is 2.73. The predicted molar refractivity (Wildman–Crippen MR) is 69.6 cm³/mol. The minimum atomic E-state index is -0.365. The maximum Gasteiger partial charge on any atom is 0.132 e. The van der Waals surface area contributed by atoms with E-state index in [0.29, 0.717) is 25.6 Å². The van der Waals surface area contributed by atoms with Crippen molar-refractivity contribution in [2.24, 2.45) is 0 Å². The van der Waals surface area contributed by atoms with Crippen molar-refractivity contribution in [1.82, 2.24) is 0 Å². The molecule has 0 N–H and O–H groups in total. The second kappa shape index (κ2) is 4.74. The van der Waals surface area contributed by atoms with Crippen LogP contribution in [0.5, 0.6) is 0 Å². The smallest absolute Gasteiger partial charge is 0.132 e. The third-order valence-electron chi connectivity index (χ3n) is 2.18. The highest BCUT2D eigenvalue weighted by Crippen LogP contribution is 2.38. The SMILES string of the molecule is Fc1cccc(Cl)c1-c1cccc(Cl)c1Br. The maximum atomic E-state index is 13.7. The van der Waals surface area contributed by atoms with Gasteiger partial charge in [0.1, 0.15) is 5.82 Å². The van der Waals surface area contributed by atoms with Crippen molar-refractivity contribution in [3.05, 3.63) is 56.7 Å².